The van der Waals surface area contributed by atoms with Gasteiger partial charge in [0.05, 0.1) is 18.1 Å². The number of fused-ring (bicyclic) bond motifs is 1. The van der Waals surface area contributed by atoms with E-state index >= 15 is 0 Å². The number of carbonyl (C=O) groups excluding carboxylic acids is 1. The van der Waals surface area contributed by atoms with Crippen LogP contribution in [-0.2, 0) is 16.1 Å². The second-order valence-corrected chi connectivity index (χ2v) is 6.77. The quantitative estimate of drug-likeness (QED) is 0.865. The minimum absolute atomic E-state index is 0.0796. The van der Waals surface area contributed by atoms with E-state index < -0.39 is 5.97 Å². The molecule has 1 aromatic carbocycles. The van der Waals surface area contributed by atoms with Crippen LogP contribution in [0.1, 0.15) is 41.6 Å². The second kappa shape index (κ2) is 6.32. The Bertz CT molecular complexity index is 615. The van der Waals surface area contributed by atoms with E-state index in [9.17, 15) is 9.59 Å². The number of hydrogen-bond acceptors (Lipinski definition) is 4. The summed E-state index contributed by atoms with van der Waals surface area (Å²) in [5, 5.41) is 9.11. The molecule has 0 radical (unpaired) electrons. The Morgan fingerprint density at radius 3 is 2.96 bits per heavy atom. The van der Waals surface area contributed by atoms with Crippen LogP contribution in [0, 0.1) is 11.3 Å². The fraction of sp³-hybridized carbons (Fsp3) is 0.556. The van der Waals surface area contributed by atoms with Crippen LogP contribution in [0.5, 0.6) is 0 Å². The number of hydrogen-bond donors (Lipinski definition) is 1. The highest BCUT2D eigenvalue weighted by atomic mass is 16.5. The molecule has 2 atom stereocenters. The van der Waals surface area contributed by atoms with Gasteiger partial charge in [-0.25, -0.2) is 4.79 Å². The molecule has 0 aromatic heterocycles. The maximum Gasteiger partial charge on any atom is 0.335 e. The standard InChI is InChI=1S/C18H23NO4/c1-23-17(22)18-8-3-2-7-15(18)11-19(12-18)10-13-5-4-6-14(9-13)16(20)21/h4-6,9,15H,2-3,7-8,10-12H2,1H3,(H,20,21)/t15-,18-/m1/s1. The van der Waals surface area contributed by atoms with Crippen molar-refractivity contribution in [1.29, 1.82) is 0 Å². The van der Waals surface area contributed by atoms with Crippen LogP contribution < -0.4 is 0 Å². The van der Waals surface area contributed by atoms with Gasteiger partial charge in [-0.3, -0.25) is 9.69 Å². The summed E-state index contributed by atoms with van der Waals surface area (Å²) in [6, 6.07) is 7.04. The summed E-state index contributed by atoms with van der Waals surface area (Å²) in [6.45, 7) is 2.27. The third-order valence-electron chi connectivity index (χ3n) is 5.36. The van der Waals surface area contributed by atoms with Crippen molar-refractivity contribution in [2.75, 3.05) is 20.2 Å². The van der Waals surface area contributed by atoms with Crippen LogP contribution in [0.2, 0.25) is 0 Å². The van der Waals surface area contributed by atoms with Gasteiger partial charge in [-0.15, -0.1) is 0 Å². The van der Waals surface area contributed by atoms with E-state index in [1.165, 1.54) is 13.5 Å². The molecular weight excluding hydrogens is 294 g/mol. The number of benzene rings is 1. The van der Waals surface area contributed by atoms with Gasteiger partial charge in [0.1, 0.15) is 0 Å². The molecule has 23 heavy (non-hydrogen) atoms. The second-order valence-electron chi connectivity index (χ2n) is 6.77. The topological polar surface area (TPSA) is 66.8 Å². The largest absolute Gasteiger partial charge is 0.478 e. The summed E-state index contributed by atoms with van der Waals surface area (Å²) in [4.78, 5) is 25.8. The van der Waals surface area contributed by atoms with Crippen molar-refractivity contribution in [3.05, 3.63) is 35.4 Å². The van der Waals surface area contributed by atoms with Crippen LogP contribution >= 0.6 is 0 Å². The van der Waals surface area contributed by atoms with Gasteiger partial charge in [-0.05, 0) is 36.5 Å². The lowest BCUT2D eigenvalue weighted by Gasteiger charge is -2.35. The smallest absolute Gasteiger partial charge is 0.335 e. The molecule has 1 aliphatic carbocycles. The van der Waals surface area contributed by atoms with Crippen molar-refractivity contribution in [3.63, 3.8) is 0 Å². The lowest BCUT2D eigenvalue weighted by atomic mass is 9.68. The van der Waals surface area contributed by atoms with E-state index in [0.717, 1.165) is 31.4 Å². The summed E-state index contributed by atoms with van der Waals surface area (Å²) in [5.74, 6) is -0.636. The molecule has 0 spiro atoms. The zero-order valence-electron chi connectivity index (χ0n) is 13.5. The number of aromatic carboxylic acids is 1. The molecule has 2 fully saturated rings. The van der Waals surface area contributed by atoms with E-state index in [2.05, 4.69) is 4.90 Å². The van der Waals surface area contributed by atoms with Crippen molar-refractivity contribution in [3.8, 4) is 0 Å². The number of carboxylic acid groups (broad SMARTS) is 1. The zero-order chi connectivity index (χ0) is 16.4. The third kappa shape index (κ3) is 2.98. The van der Waals surface area contributed by atoms with Gasteiger partial charge in [-0.2, -0.15) is 0 Å². The highest BCUT2D eigenvalue weighted by Gasteiger charge is 2.53. The molecule has 1 saturated heterocycles. The number of esters is 1. The first-order valence-electron chi connectivity index (χ1n) is 8.18. The Labute approximate surface area is 136 Å². The molecule has 124 valence electrons. The maximum atomic E-state index is 12.4. The average molecular weight is 317 g/mol. The molecule has 3 rings (SSSR count). The first kappa shape index (κ1) is 16.0. The molecule has 0 amide bonds. The fourth-order valence-electron chi connectivity index (χ4n) is 4.28. The average Bonchev–Trinajstić information content (AvgIpc) is 2.93. The first-order valence-corrected chi connectivity index (χ1v) is 8.18. The molecule has 1 saturated carbocycles. The SMILES string of the molecule is COC(=O)[C@@]12CCCC[C@@H]1CN(Cc1cccc(C(=O)O)c1)C2. The van der Waals surface area contributed by atoms with E-state index in [0.29, 0.717) is 24.6 Å². The molecule has 0 unspecified atom stereocenters. The van der Waals surface area contributed by atoms with E-state index in [1.807, 2.05) is 6.07 Å². The molecule has 1 heterocycles. The normalized spacial score (nSPS) is 27.4. The van der Waals surface area contributed by atoms with Gasteiger partial charge >= 0.3 is 11.9 Å². The van der Waals surface area contributed by atoms with Crippen LogP contribution in [0.3, 0.4) is 0 Å². The fourth-order valence-corrected chi connectivity index (χ4v) is 4.28. The number of likely N-dealkylation sites (tertiary alicyclic amines) is 1. The Hall–Kier alpha value is -1.88. The van der Waals surface area contributed by atoms with Crippen molar-refractivity contribution in [2.24, 2.45) is 11.3 Å². The number of nitrogens with zero attached hydrogens (tertiary/aromatic N) is 1. The van der Waals surface area contributed by atoms with E-state index in [-0.39, 0.29) is 11.4 Å². The number of methoxy groups -OCH3 is 1. The summed E-state index contributed by atoms with van der Waals surface area (Å²) >= 11 is 0. The van der Waals surface area contributed by atoms with Crippen LogP contribution in [-0.4, -0.2) is 42.1 Å². The number of carbonyl (C=O) groups is 2. The zero-order valence-corrected chi connectivity index (χ0v) is 13.5. The minimum atomic E-state index is -0.909. The first-order chi connectivity index (χ1) is 11.0. The number of carboxylic acids is 1. The van der Waals surface area contributed by atoms with Crippen LogP contribution in [0.25, 0.3) is 0 Å². The third-order valence-corrected chi connectivity index (χ3v) is 5.36. The molecule has 5 heteroatoms. The number of rotatable bonds is 4. The molecule has 0 bridgehead atoms. The summed E-state index contributed by atoms with van der Waals surface area (Å²) in [7, 11) is 1.47. The van der Waals surface area contributed by atoms with Gasteiger partial charge in [0.15, 0.2) is 0 Å². The van der Waals surface area contributed by atoms with Gasteiger partial charge in [0.2, 0.25) is 0 Å². The molecule has 2 aliphatic rings. The van der Waals surface area contributed by atoms with Gasteiger partial charge in [0.25, 0.3) is 0 Å². The summed E-state index contributed by atoms with van der Waals surface area (Å²) < 4.78 is 5.10. The lowest BCUT2D eigenvalue weighted by molar-refractivity contribution is -0.156. The van der Waals surface area contributed by atoms with Gasteiger partial charge in [-0.1, -0.05) is 25.0 Å². The molecule has 1 N–H and O–H groups in total. The molecule has 1 aliphatic heterocycles. The number of ether oxygens (including phenoxy) is 1. The van der Waals surface area contributed by atoms with Crippen LogP contribution in [0.15, 0.2) is 24.3 Å². The Kier molecular flexibility index (Phi) is 4.39. The molecule has 5 nitrogen and oxygen atoms in total. The lowest BCUT2D eigenvalue weighted by Crippen LogP contribution is -2.42. The van der Waals surface area contributed by atoms with Crippen molar-refractivity contribution in [2.45, 2.75) is 32.2 Å². The Morgan fingerprint density at radius 1 is 1.39 bits per heavy atom. The van der Waals surface area contributed by atoms with Crippen molar-refractivity contribution < 1.29 is 19.4 Å². The van der Waals surface area contributed by atoms with Crippen molar-refractivity contribution >= 4 is 11.9 Å². The predicted octanol–water partition coefficient (Wildman–Crippen LogP) is 2.55. The van der Waals surface area contributed by atoms with E-state index in [4.69, 9.17) is 9.84 Å². The highest BCUT2D eigenvalue weighted by molar-refractivity contribution is 5.87. The summed E-state index contributed by atoms with van der Waals surface area (Å²) in [5.41, 5.74) is 0.919. The molecular formula is C18H23NO4. The predicted molar refractivity (Wildman–Crippen MR) is 85.1 cm³/mol. The Balaban J connectivity index is 1.77. The van der Waals surface area contributed by atoms with Crippen LogP contribution in [0.4, 0.5) is 0 Å². The van der Waals surface area contributed by atoms with Gasteiger partial charge in [0, 0.05) is 19.6 Å². The van der Waals surface area contributed by atoms with E-state index in [1.54, 1.807) is 18.2 Å². The van der Waals surface area contributed by atoms with Gasteiger partial charge < -0.3 is 9.84 Å². The molecule has 1 aromatic rings. The minimum Gasteiger partial charge on any atom is -0.478 e. The summed E-state index contributed by atoms with van der Waals surface area (Å²) in [6.07, 6.45) is 4.22. The van der Waals surface area contributed by atoms with Crippen molar-refractivity contribution in [1.82, 2.24) is 4.90 Å². The Morgan fingerprint density at radius 2 is 2.22 bits per heavy atom. The maximum absolute atomic E-state index is 12.4. The highest BCUT2D eigenvalue weighted by Crippen LogP contribution is 2.47. The monoisotopic (exact) mass is 317 g/mol.